The molecule has 1 atom stereocenters. The maximum atomic E-state index is 9.85. The fourth-order valence-corrected chi connectivity index (χ4v) is 1.70. The monoisotopic (exact) mass is 259 g/mol. The molecule has 78 valence electrons. The Morgan fingerprint density at radius 3 is 2.64 bits per heavy atom. The molecule has 0 saturated heterocycles. The van der Waals surface area contributed by atoms with E-state index in [9.17, 15) is 5.11 Å². The number of halogens is 1. The third kappa shape index (κ3) is 2.54. The summed E-state index contributed by atoms with van der Waals surface area (Å²) in [4.78, 5) is 4.92. The van der Waals surface area contributed by atoms with Crippen molar-refractivity contribution in [3.8, 4) is 0 Å². The number of aliphatic hydroxyl groups excluding tert-OH is 1. The number of aryl methyl sites for hydroxylation is 1. The second-order valence-electron chi connectivity index (χ2n) is 3.10. The van der Waals surface area contributed by atoms with Crippen LogP contribution >= 0.6 is 15.9 Å². The highest BCUT2D eigenvalue weighted by Gasteiger charge is 2.15. The minimum atomic E-state index is -0.729. The fraction of sp³-hybridized carbons (Fsp3) is 0.400. The van der Waals surface area contributed by atoms with Gasteiger partial charge in [-0.1, -0.05) is 22.0 Å². The molecule has 0 bridgehead atoms. The molecule has 0 aliphatic rings. The zero-order valence-electron chi connectivity index (χ0n) is 8.49. The number of nitrogens with zero attached hydrogens (tertiary/aromatic N) is 1. The predicted molar refractivity (Wildman–Crippen MR) is 58.6 cm³/mol. The largest absolute Gasteiger partial charge is 0.372 e. The normalized spacial score (nSPS) is 13.3. The van der Waals surface area contributed by atoms with Crippen LogP contribution in [0.15, 0.2) is 22.7 Å². The molecule has 3 nitrogen and oxygen atoms in total. The molecule has 0 amide bonds. The van der Waals surface area contributed by atoms with Gasteiger partial charge in [-0.3, -0.25) is 4.84 Å². The van der Waals surface area contributed by atoms with Crippen LogP contribution in [0.3, 0.4) is 0 Å². The van der Waals surface area contributed by atoms with Gasteiger partial charge < -0.3 is 5.11 Å². The Labute approximate surface area is 92.4 Å². The van der Waals surface area contributed by atoms with Crippen LogP contribution in [0, 0.1) is 6.92 Å². The molecular formula is C10H14BrNO2. The summed E-state index contributed by atoms with van der Waals surface area (Å²) in [6, 6.07) is 5.73. The second-order valence-corrected chi connectivity index (χ2v) is 4.02. The van der Waals surface area contributed by atoms with Gasteiger partial charge in [-0.25, -0.2) is 0 Å². The van der Waals surface area contributed by atoms with E-state index in [-0.39, 0.29) is 0 Å². The van der Waals surface area contributed by atoms with Gasteiger partial charge in [0, 0.05) is 17.1 Å². The Hall–Kier alpha value is -0.420. The van der Waals surface area contributed by atoms with Gasteiger partial charge in [0.05, 0.1) is 7.11 Å². The summed E-state index contributed by atoms with van der Waals surface area (Å²) in [6.45, 7) is 1.95. The lowest BCUT2D eigenvalue weighted by Gasteiger charge is -2.22. The Morgan fingerprint density at radius 2 is 2.14 bits per heavy atom. The fourth-order valence-electron chi connectivity index (χ4n) is 1.22. The molecule has 4 heteroatoms. The Morgan fingerprint density at radius 1 is 1.50 bits per heavy atom. The first-order chi connectivity index (χ1) is 6.56. The van der Waals surface area contributed by atoms with Crippen molar-refractivity contribution < 1.29 is 9.94 Å². The lowest BCUT2D eigenvalue weighted by molar-refractivity contribution is -0.206. The molecule has 1 unspecified atom stereocenters. The van der Waals surface area contributed by atoms with Crippen LogP contribution in [0.2, 0.25) is 0 Å². The van der Waals surface area contributed by atoms with Gasteiger partial charge in [0.2, 0.25) is 0 Å². The number of hydrogen-bond acceptors (Lipinski definition) is 3. The topological polar surface area (TPSA) is 32.7 Å². The van der Waals surface area contributed by atoms with Crippen LogP contribution < -0.4 is 0 Å². The molecule has 1 rings (SSSR count). The van der Waals surface area contributed by atoms with Crippen molar-refractivity contribution in [3.05, 3.63) is 33.8 Å². The lowest BCUT2D eigenvalue weighted by Crippen LogP contribution is -2.23. The average Bonchev–Trinajstić information content (AvgIpc) is 2.15. The van der Waals surface area contributed by atoms with Crippen molar-refractivity contribution in [2.75, 3.05) is 14.2 Å². The van der Waals surface area contributed by atoms with Crippen LogP contribution in [-0.2, 0) is 4.84 Å². The van der Waals surface area contributed by atoms with E-state index in [4.69, 9.17) is 4.84 Å². The molecule has 0 spiro atoms. The Balaban J connectivity index is 2.95. The number of benzene rings is 1. The molecule has 14 heavy (non-hydrogen) atoms. The molecule has 0 aromatic heterocycles. The number of hydroxylamine groups is 2. The molecule has 0 aliphatic carbocycles. The van der Waals surface area contributed by atoms with E-state index in [0.717, 1.165) is 15.6 Å². The van der Waals surface area contributed by atoms with E-state index in [0.29, 0.717) is 0 Å². The van der Waals surface area contributed by atoms with E-state index in [2.05, 4.69) is 15.9 Å². The highest BCUT2D eigenvalue weighted by Crippen LogP contribution is 2.23. The predicted octanol–water partition coefficient (Wildman–Crippen LogP) is 2.24. The van der Waals surface area contributed by atoms with Crippen LogP contribution in [-0.4, -0.2) is 24.3 Å². The SMILES string of the molecule is CON(C)C(O)c1ccc(Br)cc1C. The standard InChI is InChI=1S/C10H14BrNO2/c1-7-6-8(11)4-5-9(7)10(13)12(2)14-3/h4-6,10,13H,1-3H3. The molecule has 1 N–H and O–H groups in total. The van der Waals surface area contributed by atoms with Crippen LogP contribution in [0.1, 0.15) is 17.4 Å². The summed E-state index contributed by atoms with van der Waals surface area (Å²) in [5.74, 6) is 0. The van der Waals surface area contributed by atoms with Crippen molar-refractivity contribution in [3.63, 3.8) is 0 Å². The van der Waals surface area contributed by atoms with Crippen molar-refractivity contribution in [2.45, 2.75) is 13.2 Å². The Kier molecular flexibility index (Phi) is 4.07. The van der Waals surface area contributed by atoms with Gasteiger partial charge in [0.1, 0.15) is 0 Å². The van der Waals surface area contributed by atoms with E-state index in [1.54, 1.807) is 7.05 Å². The third-order valence-electron chi connectivity index (χ3n) is 2.14. The molecular weight excluding hydrogens is 246 g/mol. The van der Waals surface area contributed by atoms with E-state index < -0.39 is 6.23 Å². The van der Waals surface area contributed by atoms with Crippen molar-refractivity contribution in [1.82, 2.24) is 5.06 Å². The molecule has 0 heterocycles. The number of hydrogen-bond donors (Lipinski definition) is 1. The van der Waals surface area contributed by atoms with Crippen LogP contribution in [0.4, 0.5) is 0 Å². The maximum absolute atomic E-state index is 9.85. The first-order valence-electron chi connectivity index (χ1n) is 4.27. The third-order valence-corrected chi connectivity index (χ3v) is 2.64. The first-order valence-corrected chi connectivity index (χ1v) is 5.06. The first kappa shape index (κ1) is 11.7. The highest BCUT2D eigenvalue weighted by molar-refractivity contribution is 9.10. The van der Waals surface area contributed by atoms with Crippen LogP contribution in [0.25, 0.3) is 0 Å². The van der Waals surface area contributed by atoms with Crippen molar-refractivity contribution >= 4 is 15.9 Å². The summed E-state index contributed by atoms with van der Waals surface area (Å²) in [5.41, 5.74) is 1.87. The van der Waals surface area contributed by atoms with Gasteiger partial charge in [-0.15, -0.1) is 0 Å². The molecule has 1 aromatic rings. The number of aliphatic hydroxyl groups is 1. The van der Waals surface area contributed by atoms with E-state index >= 15 is 0 Å². The average molecular weight is 260 g/mol. The molecule has 0 aliphatic heterocycles. The highest BCUT2D eigenvalue weighted by atomic mass is 79.9. The van der Waals surface area contributed by atoms with E-state index in [1.807, 2.05) is 25.1 Å². The van der Waals surface area contributed by atoms with Gasteiger partial charge >= 0.3 is 0 Å². The Bertz CT molecular complexity index is 317. The number of rotatable bonds is 3. The molecule has 0 saturated carbocycles. The summed E-state index contributed by atoms with van der Waals surface area (Å²) >= 11 is 3.37. The van der Waals surface area contributed by atoms with Crippen molar-refractivity contribution in [1.29, 1.82) is 0 Å². The maximum Gasteiger partial charge on any atom is 0.155 e. The van der Waals surface area contributed by atoms with Gasteiger partial charge in [-0.2, -0.15) is 5.06 Å². The summed E-state index contributed by atoms with van der Waals surface area (Å²) < 4.78 is 1.01. The van der Waals surface area contributed by atoms with Gasteiger partial charge in [0.25, 0.3) is 0 Å². The summed E-state index contributed by atoms with van der Waals surface area (Å²) in [7, 11) is 3.21. The van der Waals surface area contributed by atoms with E-state index in [1.165, 1.54) is 12.2 Å². The van der Waals surface area contributed by atoms with Gasteiger partial charge in [0.15, 0.2) is 6.23 Å². The molecule has 1 aromatic carbocycles. The molecule has 0 fully saturated rings. The quantitative estimate of drug-likeness (QED) is 0.668. The second kappa shape index (κ2) is 4.89. The smallest absolute Gasteiger partial charge is 0.155 e. The van der Waals surface area contributed by atoms with Gasteiger partial charge in [-0.05, 0) is 24.6 Å². The summed E-state index contributed by atoms with van der Waals surface area (Å²) in [5, 5.41) is 11.2. The zero-order valence-corrected chi connectivity index (χ0v) is 10.1. The van der Waals surface area contributed by atoms with Crippen molar-refractivity contribution in [2.24, 2.45) is 0 Å². The lowest BCUT2D eigenvalue weighted by atomic mass is 10.1. The van der Waals surface area contributed by atoms with Crippen LogP contribution in [0.5, 0.6) is 0 Å². The summed E-state index contributed by atoms with van der Waals surface area (Å²) in [6.07, 6.45) is -0.729. The minimum Gasteiger partial charge on any atom is -0.372 e. The zero-order chi connectivity index (χ0) is 10.7. The minimum absolute atomic E-state index is 0.729. The molecule has 0 radical (unpaired) electrons.